The van der Waals surface area contributed by atoms with E-state index in [2.05, 4.69) is 9.84 Å². The average molecular weight is 287 g/mol. The second-order valence-corrected chi connectivity index (χ2v) is 6.69. The highest BCUT2D eigenvalue weighted by atomic mass is 19.4. The van der Waals surface area contributed by atoms with Crippen molar-refractivity contribution in [3.8, 4) is 0 Å². The molecule has 1 aromatic rings. The molecule has 4 saturated carbocycles. The second-order valence-electron chi connectivity index (χ2n) is 6.69. The normalized spacial score (nSPS) is 42.6. The maximum absolute atomic E-state index is 12.1. The summed E-state index contributed by atoms with van der Waals surface area (Å²) < 4.78 is 41.9. The second kappa shape index (κ2) is 3.57. The van der Waals surface area contributed by atoms with Crippen LogP contribution in [0.1, 0.15) is 43.7 Å². The summed E-state index contributed by atoms with van der Waals surface area (Å²) in [5, 5.41) is 4.30. The molecule has 0 radical (unpaired) electrons. The first-order valence-corrected chi connectivity index (χ1v) is 6.85. The minimum Gasteiger partial charge on any atom is -0.325 e. The largest absolute Gasteiger partial charge is 0.522 e. The van der Waals surface area contributed by atoms with Gasteiger partial charge >= 0.3 is 6.36 Å². The van der Waals surface area contributed by atoms with Gasteiger partial charge in [-0.15, -0.1) is 13.2 Å². The fraction of sp³-hybridized carbons (Fsp3) is 0.769. The van der Waals surface area contributed by atoms with Gasteiger partial charge in [-0.1, -0.05) is 0 Å². The monoisotopic (exact) mass is 287 g/mol. The third-order valence-electron chi connectivity index (χ3n) is 5.03. The molecule has 4 aliphatic carbocycles. The molecule has 20 heavy (non-hydrogen) atoms. The number of nitrogens with zero attached hydrogens (tertiary/aromatic N) is 2. The van der Waals surface area contributed by atoms with Crippen LogP contribution in [0.4, 0.5) is 13.2 Å². The topological polar surface area (TPSA) is 53.1 Å². The van der Waals surface area contributed by atoms with Crippen LogP contribution in [-0.2, 0) is 10.2 Å². The summed E-state index contributed by atoms with van der Waals surface area (Å²) in [7, 11) is 0. The van der Waals surface area contributed by atoms with Gasteiger partial charge in [-0.05, 0) is 37.7 Å². The highest BCUT2D eigenvalue weighted by Crippen LogP contribution is 2.66. The van der Waals surface area contributed by atoms with Gasteiger partial charge in [0.15, 0.2) is 0 Å². The Morgan fingerprint density at radius 1 is 1.30 bits per heavy atom. The van der Waals surface area contributed by atoms with E-state index < -0.39 is 12.5 Å². The van der Waals surface area contributed by atoms with Crippen LogP contribution in [0.5, 0.6) is 0 Å². The highest BCUT2D eigenvalue weighted by molar-refractivity contribution is 5.39. The van der Waals surface area contributed by atoms with Crippen LogP contribution in [0.15, 0.2) is 12.4 Å². The van der Waals surface area contributed by atoms with E-state index in [4.69, 9.17) is 5.73 Å². The number of nitrogens with two attached hydrogens (primary N) is 1. The Balaban J connectivity index is 1.37. The van der Waals surface area contributed by atoms with Gasteiger partial charge < -0.3 is 5.73 Å². The van der Waals surface area contributed by atoms with Gasteiger partial charge in [0.2, 0.25) is 0 Å². The van der Waals surface area contributed by atoms with Crippen LogP contribution in [0.3, 0.4) is 0 Å². The molecule has 7 heteroatoms. The minimum absolute atomic E-state index is 0.0234. The Morgan fingerprint density at radius 3 is 2.50 bits per heavy atom. The Labute approximate surface area is 114 Å². The minimum atomic E-state index is -4.54. The predicted molar refractivity (Wildman–Crippen MR) is 63.9 cm³/mol. The molecular weight excluding hydrogens is 271 g/mol. The molecule has 0 aromatic carbocycles. The zero-order chi connectivity index (χ0) is 14.2. The summed E-state index contributed by atoms with van der Waals surface area (Å²) in [5.41, 5.74) is 7.48. The fourth-order valence-corrected chi connectivity index (χ4v) is 4.02. The number of alkyl halides is 3. The zero-order valence-electron chi connectivity index (χ0n) is 10.9. The lowest BCUT2D eigenvalue weighted by Gasteiger charge is -2.69. The SMILES string of the molecule is NC12CC(c3cnn(C4CC(OC(F)(F)F)C4)c3)(C1)C2. The van der Waals surface area contributed by atoms with Crippen LogP contribution in [-0.4, -0.2) is 27.8 Å². The van der Waals surface area contributed by atoms with Crippen molar-refractivity contribution in [3.63, 3.8) is 0 Å². The third-order valence-corrected chi connectivity index (χ3v) is 5.03. The van der Waals surface area contributed by atoms with Gasteiger partial charge in [0.1, 0.15) is 0 Å². The van der Waals surface area contributed by atoms with Gasteiger partial charge in [-0.25, -0.2) is 0 Å². The molecule has 0 saturated heterocycles. The van der Waals surface area contributed by atoms with E-state index in [-0.39, 0.29) is 17.0 Å². The maximum atomic E-state index is 12.1. The molecule has 4 nitrogen and oxygen atoms in total. The van der Waals surface area contributed by atoms with E-state index in [9.17, 15) is 13.2 Å². The number of halogens is 3. The molecule has 1 aromatic heterocycles. The lowest BCUT2D eigenvalue weighted by atomic mass is 9.38. The Morgan fingerprint density at radius 2 is 1.95 bits per heavy atom. The fourth-order valence-electron chi connectivity index (χ4n) is 4.02. The molecule has 2 bridgehead atoms. The van der Waals surface area contributed by atoms with Crippen molar-refractivity contribution in [2.24, 2.45) is 5.73 Å². The Bertz CT molecular complexity index is 528. The number of ether oxygens (including phenoxy) is 1. The van der Waals surface area contributed by atoms with Crippen molar-refractivity contribution >= 4 is 0 Å². The van der Waals surface area contributed by atoms with Gasteiger partial charge in [0.25, 0.3) is 0 Å². The third kappa shape index (κ3) is 1.79. The number of hydrogen-bond donors (Lipinski definition) is 1. The number of hydrogen-bond acceptors (Lipinski definition) is 3. The average Bonchev–Trinajstić information content (AvgIpc) is 2.64. The quantitative estimate of drug-likeness (QED) is 0.927. The molecule has 0 spiro atoms. The smallest absolute Gasteiger partial charge is 0.325 e. The molecule has 4 aliphatic rings. The highest BCUT2D eigenvalue weighted by Gasteiger charge is 2.66. The standard InChI is InChI=1S/C13H16F3N3O/c14-13(15,16)20-10-1-9(2-10)19-4-8(3-18-19)11-5-12(17,6-11)7-11/h3-4,9-10H,1-2,5-7,17H2. The van der Waals surface area contributed by atoms with Crippen LogP contribution in [0, 0.1) is 0 Å². The predicted octanol–water partition coefficient (Wildman–Crippen LogP) is 2.26. The van der Waals surface area contributed by atoms with E-state index in [1.165, 1.54) is 5.56 Å². The summed E-state index contributed by atoms with van der Waals surface area (Å²) in [6.07, 6.45) is 2.33. The molecule has 0 amide bonds. The van der Waals surface area contributed by atoms with Crippen molar-refractivity contribution in [1.82, 2.24) is 9.78 Å². The maximum Gasteiger partial charge on any atom is 0.522 e. The number of aromatic nitrogens is 2. The van der Waals surface area contributed by atoms with Crippen LogP contribution < -0.4 is 5.73 Å². The molecule has 110 valence electrons. The van der Waals surface area contributed by atoms with Crippen LogP contribution in [0.2, 0.25) is 0 Å². The summed E-state index contributed by atoms with van der Waals surface area (Å²) >= 11 is 0. The van der Waals surface area contributed by atoms with Gasteiger partial charge in [0, 0.05) is 17.2 Å². The van der Waals surface area contributed by atoms with Crippen molar-refractivity contribution in [3.05, 3.63) is 18.0 Å². The molecule has 0 aliphatic heterocycles. The van der Waals surface area contributed by atoms with E-state index >= 15 is 0 Å². The lowest BCUT2D eigenvalue weighted by Crippen LogP contribution is -2.74. The van der Waals surface area contributed by atoms with Gasteiger partial charge in [-0.2, -0.15) is 5.10 Å². The molecule has 5 rings (SSSR count). The van der Waals surface area contributed by atoms with Crippen molar-refractivity contribution in [1.29, 1.82) is 0 Å². The van der Waals surface area contributed by atoms with E-state index in [1.807, 2.05) is 12.4 Å². The Hall–Kier alpha value is -1.08. The first-order valence-electron chi connectivity index (χ1n) is 6.85. The van der Waals surface area contributed by atoms with Crippen LogP contribution in [0.25, 0.3) is 0 Å². The van der Waals surface area contributed by atoms with E-state index in [0.29, 0.717) is 12.8 Å². The first kappa shape index (κ1) is 12.6. The lowest BCUT2D eigenvalue weighted by molar-refractivity contribution is -0.353. The summed E-state index contributed by atoms with van der Waals surface area (Å²) in [6.45, 7) is 0. The molecular formula is C13H16F3N3O. The first-order chi connectivity index (χ1) is 9.27. The van der Waals surface area contributed by atoms with Gasteiger partial charge in [-0.3, -0.25) is 9.42 Å². The molecule has 1 heterocycles. The zero-order valence-corrected chi connectivity index (χ0v) is 10.9. The Kier molecular flexibility index (Phi) is 2.26. The van der Waals surface area contributed by atoms with Crippen molar-refractivity contribution in [2.45, 2.75) is 61.6 Å². The molecule has 0 unspecified atom stereocenters. The van der Waals surface area contributed by atoms with E-state index in [1.54, 1.807) is 4.68 Å². The van der Waals surface area contributed by atoms with Crippen molar-refractivity contribution < 1.29 is 17.9 Å². The molecule has 4 fully saturated rings. The van der Waals surface area contributed by atoms with E-state index in [0.717, 1.165) is 19.3 Å². The molecule has 2 N–H and O–H groups in total. The van der Waals surface area contributed by atoms with Crippen LogP contribution >= 0.6 is 0 Å². The van der Waals surface area contributed by atoms with Gasteiger partial charge in [0.05, 0.1) is 18.3 Å². The van der Waals surface area contributed by atoms with Crippen molar-refractivity contribution in [2.75, 3.05) is 0 Å². The summed E-state index contributed by atoms with van der Waals surface area (Å²) in [6, 6.07) is 0.0234. The summed E-state index contributed by atoms with van der Waals surface area (Å²) in [4.78, 5) is 0. The number of rotatable bonds is 3. The summed E-state index contributed by atoms with van der Waals surface area (Å²) in [5.74, 6) is 0. The molecule has 0 atom stereocenters.